The minimum atomic E-state index is -0.206. The van der Waals surface area contributed by atoms with Crippen molar-refractivity contribution in [3.63, 3.8) is 0 Å². The molecule has 4 nitrogen and oxygen atoms in total. The molecule has 0 fully saturated rings. The van der Waals surface area contributed by atoms with Gasteiger partial charge in [0.1, 0.15) is 23.6 Å². The van der Waals surface area contributed by atoms with E-state index in [1.807, 2.05) is 13.0 Å². The van der Waals surface area contributed by atoms with Gasteiger partial charge in [0, 0.05) is 12.2 Å². The average molecular weight is 270 g/mol. The van der Waals surface area contributed by atoms with Crippen LogP contribution in [-0.4, -0.2) is 21.5 Å². The highest BCUT2D eigenvalue weighted by Crippen LogP contribution is 2.19. The molecule has 3 rings (SSSR count). The fourth-order valence-corrected chi connectivity index (χ4v) is 2.19. The lowest BCUT2D eigenvalue weighted by Crippen LogP contribution is -2.06. The zero-order valence-corrected chi connectivity index (χ0v) is 11.2. The van der Waals surface area contributed by atoms with Crippen LogP contribution in [0.1, 0.15) is 11.3 Å². The first kappa shape index (κ1) is 12.6. The third-order valence-corrected chi connectivity index (χ3v) is 3.18. The molecule has 0 aliphatic rings. The van der Waals surface area contributed by atoms with Crippen LogP contribution in [0.4, 0.5) is 10.2 Å². The van der Waals surface area contributed by atoms with Crippen LogP contribution < -0.4 is 5.32 Å². The van der Waals surface area contributed by atoms with Gasteiger partial charge >= 0.3 is 0 Å². The standard InChI is InChI=1S/C15H15FN4/c1-10-8-13-14(18-9-19-15(13)20-10)17-7-6-11-2-4-12(16)5-3-11/h2-5,8-9H,6-7H2,1H3,(H2,17,18,19,20). The molecular formula is C15H15FN4. The van der Waals surface area contributed by atoms with E-state index in [0.29, 0.717) is 0 Å². The number of aryl methyl sites for hydroxylation is 1. The van der Waals surface area contributed by atoms with Crippen molar-refractivity contribution in [2.45, 2.75) is 13.3 Å². The summed E-state index contributed by atoms with van der Waals surface area (Å²) in [6, 6.07) is 8.58. The van der Waals surface area contributed by atoms with Gasteiger partial charge in [0.25, 0.3) is 0 Å². The molecule has 0 atom stereocenters. The van der Waals surface area contributed by atoms with Crippen molar-refractivity contribution in [3.8, 4) is 0 Å². The first-order chi connectivity index (χ1) is 9.72. The maximum atomic E-state index is 12.8. The Bertz CT molecular complexity index is 718. The Labute approximate surface area is 116 Å². The normalized spacial score (nSPS) is 10.9. The second kappa shape index (κ2) is 5.28. The molecule has 0 spiro atoms. The molecule has 1 aromatic carbocycles. The molecule has 0 saturated carbocycles. The smallest absolute Gasteiger partial charge is 0.143 e. The number of nitrogens with one attached hydrogen (secondary N) is 2. The lowest BCUT2D eigenvalue weighted by atomic mass is 10.1. The maximum absolute atomic E-state index is 12.8. The lowest BCUT2D eigenvalue weighted by molar-refractivity contribution is 0.627. The van der Waals surface area contributed by atoms with E-state index in [4.69, 9.17) is 0 Å². The maximum Gasteiger partial charge on any atom is 0.143 e. The van der Waals surface area contributed by atoms with Crippen molar-refractivity contribution in [2.75, 3.05) is 11.9 Å². The molecule has 0 bridgehead atoms. The molecule has 20 heavy (non-hydrogen) atoms. The summed E-state index contributed by atoms with van der Waals surface area (Å²) in [6.45, 7) is 2.73. The summed E-state index contributed by atoms with van der Waals surface area (Å²) < 4.78 is 12.8. The quantitative estimate of drug-likeness (QED) is 0.766. The zero-order chi connectivity index (χ0) is 13.9. The Morgan fingerprint density at radius 3 is 2.80 bits per heavy atom. The molecule has 5 heteroatoms. The number of benzene rings is 1. The number of nitrogens with zero attached hydrogens (tertiary/aromatic N) is 2. The van der Waals surface area contributed by atoms with E-state index in [1.54, 1.807) is 18.5 Å². The van der Waals surface area contributed by atoms with Gasteiger partial charge in [-0.1, -0.05) is 12.1 Å². The summed E-state index contributed by atoms with van der Waals surface area (Å²) in [5.74, 6) is 0.614. The van der Waals surface area contributed by atoms with E-state index < -0.39 is 0 Å². The number of anilines is 1. The molecule has 0 saturated heterocycles. The molecule has 2 N–H and O–H groups in total. The van der Waals surface area contributed by atoms with Crippen molar-refractivity contribution < 1.29 is 4.39 Å². The van der Waals surface area contributed by atoms with Crippen LogP contribution in [-0.2, 0) is 6.42 Å². The van der Waals surface area contributed by atoms with Gasteiger partial charge in [-0.25, -0.2) is 14.4 Å². The van der Waals surface area contributed by atoms with E-state index in [2.05, 4.69) is 20.3 Å². The topological polar surface area (TPSA) is 53.6 Å². The molecule has 0 amide bonds. The summed E-state index contributed by atoms with van der Waals surface area (Å²) in [7, 11) is 0. The van der Waals surface area contributed by atoms with Crippen molar-refractivity contribution in [1.82, 2.24) is 15.0 Å². The molecule has 0 aliphatic heterocycles. The van der Waals surface area contributed by atoms with Crippen molar-refractivity contribution >= 4 is 16.9 Å². The first-order valence-electron chi connectivity index (χ1n) is 6.51. The van der Waals surface area contributed by atoms with E-state index in [0.717, 1.165) is 41.1 Å². The van der Waals surface area contributed by atoms with Gasteiger partial charge in [0.15, 0.2) is 0 Å². The minimum absolute atomic E-state index is 0.206. The van der Waals surface area contributed by atoms with E-state index >= 15 is 0 Å². The summed E-state index contributed by atoms with van der Waals surface area (Å²) in [4.78, 5) is 11.6. The van der Waals surface area contributed by atoms with E-state index in [9.17, 15) is 4.39 Å². The molecule has 2 aromatic heterocycles. The van der Waals surface area contributed by atoms with Gasteiger partial charge in [-0.15, -0.1) is 0 Å². The number of aromatic nitrogens is 3. The predicted molar refractivity (Wildman–Crippen MR) is 77.2 cm³/mol. The number of halogens is 1. The van der Waals surface area contributed by atoms with E-state index in [1.165, 1.54) is 12.1 Å². The molecule has 2 heterocycles. The SMILES string of the molecule is Cc1cc2c(NCCc3ccc(F)cc3)ncnc2[nH]1. The van der Waals surface area contributed by atoms with Gasteiger partial charge in [0.2, 0.25) is 0 Å². The summed E-state index contributed by atoms with van der Waals surface area (Å²) in [5, 5.41) is 4.29. The largest absolute Gasteiger partial charge is 0.369 e. The zero-order valence-electron chi connectivity index (χ0n) is 11.2. The third kappa shape index (κ3) is 2.61. The van der Waals surface area contributed by atoms with Crippen molar-refractivity contribution in [2.24, 2.45) is 0 Å². The Morgan fingerprint density at radius 1 is 1.20 bits per heavy atom. The van der Waals surface area contributed by atoms with Gasteiger partial charge in [0.05, 0.1) is 5.39 Å². The van der Waals surface area contributed by atoms with Crippen LogP contribution in [0.2, 0.25) is 0 Å². The summed E-state index contributed by atoms with van der Waals surface area (Å²) in [6.07, 6.45) is 2.35. The summed E-state index contributed by atoms with van der Waals surface area (Å²) in [5.41, 5.74) is 2.98. The molecule has 3 aromatic rings. The number of rotatable bonds is 4. The molecular weight excluding hydrogens is 255 g/mol. The van der Waals surface area contributed by atoms with Gasteiger partial charge in [-0.3, -0.25) is 0 Å². The molecule has 0 unspecified atom stereocenters. The fraction of sp³-hybridized carbons (Fsp3) is 0.200. The highest BCUT2D eigenvalue weighted by atomic mass is 19.1. The third-order valence-electron chi connectivity index (χ3n) is 3.18. The van der Waals surface area contributed by atoms with Crippen LogP contribution >= 0.6 is 0 Å². The van der Waals surface area contributed by atoms with E-state index in [-0.39, 0.29) is 5.82 Å². The second-order valence-electron chi connectivity index (χ2n) is 4.74. The molecule has 0 radical (unpaired) electrons. The predicted octanol–water partition coefficient (Wildman–Crippen LogP) is 3.06. The number of hydrogen-bond donors (Lipinski definition) is 2. The van der Waals surface area contributed by atoms with Crippen LogP contribution in [0.15, 0.2) is 36.7 Å². The van der Waals surface area contributed by atoms with Crippen LogP contribution in [0, 0.1) is 12.7 Å². The van der Waals surface area contributed by atoms with Gasteiger partial charge in [-0.05, 0) is 37.1 Å². The number of aromatic amines is 1. The Morgan fingerprint density at radius 2 is 2.00 bits per heavy atom. The van der Waals surface area contributed by atoms with Crippen molar-refractivity contribution in [1.29, 1.82) is 0 Å². The number of hydrogen-bond acceptors (Lipinski definition) is 3. The summed E-state index contributed by atoms with van der Waals surface area (Å²) >= 11 is 0. The Balaban J connectivity index is 1.69. The van der Waals surface area contributed by atoms with Crippen LogP contribution in [0.5, 0.6) is 0 Å². The van der Waals surface area contributed by atoms with Gasteiger partial charge < -0.3 is 10.3 Å². The number of H-pyrrole nitrogens is 1. The molecule has 0 aliphatic carbocycles. The highest BCUT2D eigenvalue weighted by molar-refractivity contribution is 5.87. The molecule has 102 valence electrons. The Kier molecular flexibility index (Phi) is 3.33. The minimum Gasteiger partial charge on any atom is -0.369 e. The monoisotopic (exact) mass is 270 g/mol. The first-order valence-corrected chi connectivity index (χ1v) is 6.51. The Hall–Kier alpha value is -2.43. The lowest BCUT2D eigenvalue weighted by Gasteiger charge is -2.06. The van der Waals surface area contributed by atoms with Crippen LogP contribution in [0.25, 0.3) is 11.0 Å². The van der Waals surface area contributed by atoms with Gasteiger partial charge in [-0.2, -0.15) is 0 Å². The number of fused-ring (bicyclic) bond motifs is 1. The fourth-order valence-electron chi connectivity index (χ4n) is 2.19. The van der Waals surface area contributed by atoms with Crippen LogP contribution in [0.3, 0.4) is 0 Å². The average Bonchev–Trinajstić information content (AvgIpc) is 2.82. The van der Waals surface area contributed by atoms with Crippen molar-refractivity contribution in [3.05, 3.63) is 53.7 Å². The highest BCUT2D eigenvalue weighted by Gasteiger charge is 2.05. The second-order valence-corrected chi connectivity index (χ2v) is 4.74.